The molecule has 1 saturated heterocycles. The van der Waals surface area contributed by atoms with Gasteiger partial charge in [0.05, 0.1) is 16.2 Å². The molecule has 2 aromatic carbocycles. The summed E-state index contributed by atoms with van der Waals surface area (Å²) in [6.07, 6.45) is -0.613. The summed E-state index contributed by atoms with van der Waals surface area (Å²) < 4.78 is 10.9. The highest BCUT2D eigenvalue weighted by molar-refractivity contribution is 6.01. The van der Waals surface area contributed by atoms with E-state index in [2.05, 4.69) is 15.6 Å². The number of carbonyl (C=O) groups excluding carboxylic acids is 3. The number of aromatic nitrogens is 2. The molecule has 2 heterocycles. The number of hydrazine groups is 1. The first-order valence-electron chi connectivity index (χ1n) is 9.83. The molecule has 1 unspecified atom stereocenters. The van der Waals surface area contributed by atoms with Gasteiger partial charge in [0.2, 0.25) is 17.7 Å². The first-order chi connectivity index (χ1) is 15.8. The Bertz CT molecular complexity index is 1220. The molecule has 0 bridgehead atoms. The molecular formula is C21H17N5O7. The largest absolute Gasteiger partial charge is 0.449 e. The van der Waals surface area contributed by atoms with Crippen molar-refractivity contribution in [1.82, 2.24) is 15.6 Å². The van der Waals surface area contributed by atoms with Crippen molar-refractivity contribution in [3.8, 4) is 11.5 Å². The van der Waals surface area contributed by atoms with Crippen molar-refractivity contribution in [2.24, 2.45) is 0 Å². The molecule has 0 saturated carbocycles. The van der Waals surface area contributed by atoms with Gasteiger partial charge in [0.1, 0.15) is 0 Å². The lowest BCUT2D eigenvalue weighted by molar-refractivity contribution is -0.384. The van der Waals surface area contributed by atoms with Crippen molar-refractivity contribution in [2.75, 3.05) is 5.01 Å². The zero-order valence-corrected chi connectivity index (χ0v) is 17.3. The predicted octanol–water partition coefficient (Wildman–Crippen LogP) is 2.72. The third-order valence-electron chi connectivity index (χ3n) is 4.81. The van der Waals surface area contributed by atoms with Gasteiger partial charge in [0, 0.05) is 30.5 Å². The van der Waals surface area contributed by atoms with E-state index in [1.165, 1.54) is 48.5 Å². The number of nitro groups is 1. The van der Waals surface area contributed by atoms with Gasteiger partial charge >= 0.3 is 5.97 Å². The fourth-order valence-electron chi connectivity index (χ4n) is 3.05. The van der Waals surface area contributed by atoms with Crippen LogP contribution < -0.4 is 10.4 Å². The molecule has 1 aromatic heterocycles. The number of hydrogen-bond donors (Lipinski definition) is 1. The summed E-state index contributed by atoms with van der Waals surface area (Å²) in [5.74, 6) is -0.994. The number of esters is 1. The molecule has 33 heavy (non-hydrogen) atoms. The SMILES string of the molecule is CC(OC(=O)c1ccc(N2NC(=O)CCC2=O)cc1)c1nnc(-c2ccc([N+](=O)[O-])cc2)o1. The lowest BCUT2D eigenvalue weighted by atomic mass is 10.1. The molecule has 0 aliphatic carbocycles. The number of nitrogens with zero attached hydrogens (tertiary/aromatic N) is 4. The monoisotopic (exact) mass is 451 g/mol. The number of ether oxygens (including phenoxy) is 1. The van der Waals surface area contributed by atoms with Gasteiger partial charge in [-0.2, -0.15) is 0 Å². The predicted molar refractivity (Wildman–Crippen MR) is 112 cm³/mol. The van der Waals surface area contributed by atoms with E-state index in [-0.39, 0.29) is 47.7 Å². The molecule has 1 N–H and O–H groups in total. The Labute approximate surface area is 186 Å². The highest BCUT2D eigenvalue weighted by atomic mass is 16.6. The van der Waals surface area contributed by atoms with Gasteiger partial charge < -0.3 is 9.15 Å². The minimum absolute atomic E-state index is 0.0509. The highest BCUT2D eigenvalue weighted by Gasteiger charge is 2.25. The van der Waals surface area contributed by atoms with E-state index in [1.807, 2.05) is 0 Å². The molecule has 1 atom stereocenters. The molecule has 12 heteroatoms. The average molecular weight is 451 g/mol. The number of carbonyl (C=O) groups is 3. The van der Waals surface area contributed by atoms with Gasteiger partial charge in [-0.3, -0.25) is 25.1 Å². The van der Waals surface area contributed by atoms with Crippen LogP contribution in [0.1, 0.15) is 42.1 Å². The molecule has 1 aliphatic rings. The Morgan fingerprint density at radius 1 is 1.12 bits per heavy atom. The summed E-state index contributed by atoms with van der Waals surface area (Å²) in [5.41, 5.74) is 3.52. The highest BCUT2D eigenvalue weighted by Crippen LogP contribution is 2.25. The summed E-state index contributed by atoms with van der Waals surface area (Å²) >= 11 is 0. The van der Waals surface area contributed by atoms with Crippen LogP contribution in [0.15, 0.2) is 52.9 Å². The molecule has 0 spiro atoms. The van der Waals surface area contributed by atoms with Crippen molar-refractivity contribution in [2.45, 2.75) is 25.9 Å². The van der Waals surface area contributed by atoms with Crippen molar-refractivity contribution in [3.63, 3.8) is 0 Å². The normalized spacial score (nSPS) is 14.5. The van der Waals surface area contributed by atoms with Crippen LogP contribution in [0, 0.1) is 10.1 Å². The van der Waals surface area contributed by atoms with Crippen LogP contribution >= 0.6 is 0 Å². The van der Waals surface area contributed by atoms with Crippen LogP contribution in [-0.4, -0.2) is 32.9 Å². The third-order valence-corrected chi connectivity index (χ3v) is 4.81. The smallest absolute Gasteiger partial charge is 0.338 e. The van der Waals surface area contributed by atoms with Crippen molar-refractivity contribution in [1.29, 1.82) is 0 Å². The quantitative estimate of drug-likeness (QED) is 0.338. The average Bonchev–Trinajstić information content (AvgIpc) is 3.31. The lowest BCUT2D eigenvalue weighted by Gasteiger charge is -2.27. The standard InChI is InChI=1S/C21H17N5O7/c1-12(19-22-23-20(33-19)13-2-8-16(9-3-13)26(30)31)32-21(29)14-4-6-15(7-5-14)25-18(28)11-10-17(27)24-25/h2-9,12H,10-11H2,1H3,(H,24,27). The Morgan fingerprint density at radius 3 is 2.48 bits per heavy atom. The van der Waals surface area contributed by atoms with Gasteiger partial charge in [-0.15, -0.1) is 10.2 Å². The molecule has 12 nitrogen and oxygen atoms in total. The molecule has 1 fully saturated rings. The molecule has 3 aromatic rings. The van der Waals surface area contributed by atoms with Gasteiger partial charge in [0.25, 0.3) is 11.6 Å². The molecule has 168 valence electrons. The Kier molecular flexibility index (Phi) is 5.81. The van der Waals surface area contributed by atoms with E-state index in [9.17, 15) is 24.5 Å². The number of anilines is 1. The second kappa shape index (κ2) is 8.86. The van der Waals surface area contributed by atoms with Crippen LogP contribution in [0.4, 0.5) is 11.4 Å². The fraction of sp³-hybridized carbons (Fsp3) is 0.190. The number of hydrogen-bond acceptors (Lipinski definition) is 9. The maximum Gasteiger partial charge on any atom is 0.338 e. The summed E-state index contributed by atoms with van der Waals surface area (Å²) in [5, 5.41) is 19.7. The van der Waals surface area contributed by atoms with E-state index in [0.29, 0.717) is 11.3 Å². The molecule has 2 amide bonds. The summed E-state index contributed by atoms with van der Waals surface area (Å²) in [7, 11) is 0. The van der Waals surface area contributed by atoms with Crippen LogP contribution in [0.5, 0.6) is 0 Å². The maximum atomic E-state index is 12.5. The maximum absolute atomic E-state index is 12.5. The third kappa shape index (κ3) is 4.69. The molecule has 1 aliphatic heterocycles. The van der Waals surface area contributed by atoms with E-state index in [0.717, 1.165) is 5.01 Å². The van der Waals surface area contributed by atoms with E-state index in [1.54, 1.807) is 6.92 Å². The molecule has 0 radical (unpaired) electrons. The number of rotatable bonds is 6. The number of benzene rings is 2. The minimum Gasteiger partial charge on any atom is -0.449 e. The second-order valence-corrected chi connectivity index (χ2v) is 7.11. The van der Waals surface area contributed by atoms with Crippen LogP contribution in [0.25, 0.3) is 11.5 Å². The summed E-state index contributed by atoms with van der Waals surface area (Å²) in [6, 6.07) is 11.5. The Hall–Kier alpha value is -4.61. The van der Waals surface area contributed by atoms with Crippen molar-refractivity contribution in [3.05, 3.63) is 70.1 Å². The van der Waals surface area contributed by atoms with Gasteiger partial charge in [-0.25, -0.2) is 9.80 Å². The summed E-state index contributed by atoms with van der Waals surface area (Å²) in [4.78, 5) is 46.2. The molecule has 4 rings (SSSR count). The van der Waals surface area contributed by atoms with Crippen LogP contribution in [-0.2, 0) is 14.3 Å². The molecular weight excluding hydrogens is 434 g/mol. The van der Waals surface area contributed by atoms with Gasteiger partial charge in [-0.1, -0.05) is 0 Å². The zero-order valence-electron chi connectivity index (χ0n) is 17.3. The summed E-state index contributed by atoms with van der Waals surface area (Å²) in [6.45, 7) is 1.56. The number of amides is 2. The lowest BCUT2D eigenvalue weighted by Crippen LogP contribution is -2.50. The van der Waals surface area contributed by atoms with Crippen molar-refractivity contribution >= 4 is 29.2 Å². The van der Waals surface area contributed by atoms with E-state index < -0.39 is 17.0 Å². The minimum atomic E-state index is -0.862. The van der Waals surface area contributed by atoms with Gasteiger partial charge in [-0.05, 0) is 43.3 Å². The number of nitro benzene ring substituents is 1. The zero-order chi connectivity index (χ0) is 23.5. The first kappa shape index (κ1) is 21.6. The van der Waals surface area contributed by atoms with Crippen LogP contribution in [0.3, 0.4) is 0 Å². The Morgan fingerprint density at radius 2 is 1.82 bits per heavy atom. The fourth-order valence-corrected chi connectivity index (χ4v) is 3.05. The topological polar surface area (TPSA) is 158 Å². The number of non-ortho nitro benzene ring substituents is 1. The first-order valence-corrected chi connectivity index (χ1v) is 9.83. The van der Waals surface area contributed by atoms with Crippen molar-refractivity contribution < 1.29 is 28.5 Å². The van der Waals surface area contributed by atoms with E-state index in [4.69, 9.17) is 9.15 Å². The van der Waals surface area contributed by atoms with Crippen LogP contribution in [0.2, 0.25) is 0 Å². The second-order valence-electron chi connectivity index (χ2n) is 7.11. The van der Waals surface area contributed by atoms with Gasteiger partial charge in [0.15, 0.2) is 6.10 Å². The Balaban J connectivity index is 1.41. The van der Waals surface area contributed by atoms with E-state index >= 15 is 0 Å². The number of nitrogens with one attached hydrogen (secondary N) is 1.